The van der Waals surface area contributed by atoms with Crippen LogP contribution in [0, 0.1) is 5.92 Å². The van der Waals surface area contributed by atoms with E-state index >= 15 is 0 Å². The lowest BCUT2D eigenvalue weighted by molar-refractivity contribution is -0.147. The van der Waals surface area contributed by atoms with Crippen molar-refractivity contribution in [2.24, 2.45) is 5.92 Å². The lowest BCUT2D eigenvalue weighted by Crippen LogP contribution is -2.23. The third-order valence-corrected chi connectivity index (χ3v) is 1.80. The van der Waals surface area contributed by atoms with Crippen molar-refractivity contribution in [1.29, 1.82) is 0 Å². The molecule has 0 radical (unpaired) electrons. The first-order valence-corrected chi connectivity index (χ1v) is 4.23. The van der Waals surface area contributed by atoms with Gasteiger partial charge in [0, 0.05) is 0 Å². The monoisotopic (exact) mass is 196 g/mol. The maximum absolute atomic E-state index is 10.3. The topological polar surface area (TPSA) is 112 Å². The predicted molar refractivity (Wildman–Crippen MR) is 39.0 cm³/mol. The van der Waals surface area contributed by atoms with Gasteiger partial charge in [-0.1, -0.05) is 0 Å². The summed E-state index contributed by atoms with van der Waals surface area (Å²) in [6.45, 7) is 0. The van der Waals surface area contributed by atoms with Gasteiger partial charge in [0.2, 0.25) is 0 Å². The summed E-state index contributed by atoms with van der Waals surface area (Å²) in [6, 6.07) is 0. The fraction of sp³-hybridized carbons (Fsp3) is 0.600. The van der Waals surface area contributed by atoms with Gasteiger partial charge in [-0.25, -0.2) is 4.21 Å². The van der Waals surface area contributed by atoms with Gasteiger partial charge >= 0.3 is 11.9 Å². The Morgan fingerprint density at radius 3 is 2.08 bits per heavy atom. The summed E-state index contributed by atoms with van der Waals surface area (Å²) in [6.07, 6.45) is -0.637. The lowest BCUT2D eigenvalue weighted by atomic mass is 10.1. The van der Waals surface area contributed by atoms with Crippen LogP contribution in [0.25, 0.3) is 0 Å². The zero-order valence-electron chi connectivity index (χ0n) is 5.97. The van der Waals surface area contributed by atoms with Gasteiger partial charge in [-0.2, -0.15) is 0 Å². The standard InChI is InChI=1S/C5H8O6S/c6-4(7)1-3(5(8)9)2-12(10)11/h3H,1-2H2,(H,6,7)(H,8,9)(H,10,11)/t3-/m1/s1. The minimum atomic E-state index is -2.28. The van der Waals surface area contributed by atoms with Gasteiger partial charge in [0.15, 0.2) is 11.1 Å². The minimum absolute atomic E-state index is 0.554. The smallest absolute Gasteiger partial charge is 0.308 e. The molecule has 0 spiro atoms. The first-order valence-electron chi connectivity index (χ1n) is 2.95. The molecule has 1 unspecified atom stereocenters. The summed E-state index contributed by atoms with van der Waals surface area (Å²) < 4.78 is 18.5. The molecule has 70 valence electrons. The van der Waals surface area contributed by atoms with Crippen molar-refractivity contribution < 1.29 is 28.6 Å². The van der Waals surface area contributed by atoms with Crippen LogP contribution < -0.4 is 0 Å². The maximum atomic E-state index is 10.3. The normalized spacial score (nSPS) is 15.1. The average molecular weight is 196 g/mol. The Kier molecular flexibility index (Phi) is 4.45. The Balaban J connectivity index is 4.14. The molecule has 0 rings (SSSR count). The van der Waals surface area contributed by atoms with E-state index in [1.165, 1.54) is 0 Å². The second-order valence-electron chi connectivity index (χ2n) is 2.12. The van der Waals surface area contributed by atoms with E-state index in [1.54, 1.807) is 0 Å². The Bertz CT molecular complexity index is 196. The number of carbonyl (C=O) groups is 2. The van der Waals surface area contributed by atoms with E-state index in [0.717, 1.165) is 0 Å². The Morgan fingerprint density at radius 2 is 1.83 bits per heavy atom. The van der Waals surface area contributed by atoms with E-state index in [9.17, 15) is 13.8 Å². The van der Waals surface area contributed by atoms with Crippen LogP contribution in [0.3, 0.4) is 0 Å². The highest BCUT2D eigenvalue weighted by atomic mass is 32.2. The van der Waals surface area contributed by atoms with E-state index in [0.29, 0.717) is 0 Å². The largest absolute Gasteiger partial charge is 0.481 e. The van der Waals surface area contributed by atoms with Crippen LogP contribution in [0.5, 0.6) is 0 Å². The zero-order chi connectivity index (χ0) is 9.72. The van der Waals surface area contributed by atoms with Gasteiger partial charge in [-0.15, -0.1) is 0 Å². The molecule has 0 heterocycles. The molecule has 6 nitrogen and oxygen atoms in total. The molecule has 0 aromatic carbocycles. The van der Waals surface area contributed by atoms with E-state index < -0.39 is 41.1 Å². The Morgan fingerprint density at radius 1 is 1.33 bits per heavy atom. The second kappa shape index (κ2) is 4.83. The molecule has 7 heteroatoms. The number of rotatable bonds is 5. The number of aliphatic carboxylic acids is 2. The van der Waals surface area contributed by atoms with Gasteiger partial charge in [0.05, 0.1) is 18.1 Å². The molecular weight excluding hydrogens is 188 g/mol. The lowest BCUT2D eigenvalue weighted by Gasteiger charge is -2.05. The van der Waals surface area contributed by atoms with E-state index in [4.69, 9.17) is 14.8 Å². The highest BCUT2D eigenvalue weighted by Gasteiger charge is 2.22. The van der Waals surface area contributed by atoms with Crippen molar-refractivity contribution in [3.05, 3.63) is 0 Å². The molecule has 0 fully saturated rings. The highest BCUT2D eigenvalue weighted by Crippen LogP contribution is 2.04. The SMILES string of the molecule is O=C(O)C[C@H](CS(=O)O)C(=O)O. The highest BCUT2D eigenvalue weighted by molar-refractivity contribution is 7.79. The second-order valence-corrected chi connectivity index (χ2v) is 3.10. The van der Waals surface area contributed by atoms with Gasteiger partial charge in [0.1, 0.15) is 0 Å². The molecule has 0 aromatic heterocycles. The fourth-order valence-corrected chi connectivity index (χ4v) is 1.21. The number of hydrogen-bond acceptors (Lipinski definition) is 3. The number of carboxylic acid groups (broad SMARTS) is 2. The molecule has 0 aromatic rings. The molecule has 3 N–H and O–H groups in total. The molecule has 0 bridgehead atoms. The van der Waals surface area contributed by atoms with Crippen LogP contribution in [-0.4, -0.2) is 36.7 Å². The summed E-state index contributed by atoms with van der Waals surface area (Å²) in [5, 5.41) is 16.6. The first kappa shape index (κ1) is 11.1. The Labute approximate surface area is 70.5 Å². The zero-order valence-corrected chi connectivity index (χ0v) is 6.78. The van der Waals surface area contributed by atoms with Crippen LogP contribution >= 0.6 is 0 Å². The summed E-state index contributed by atoms with van der Waals surface area (Å²) in [4.78, 5) is 20.3. The summed E-state index contributed by atoms with van der Waals surface area (Å²) >= 11 is -2.28. The summed E-state index contributed by atoms with van der Waals surface area (Å²) in [5.41, 5.74) is 0. The fourth-order valence-electron chi connectivity index (χ4n) is 0.600. The van der Waals surface area contributed by atoms with Crippen LogP contribution in [0.4, 0.5) is 0 Å². The molecular formula is C5H8O6S. The third-order valence-electron chi connectivity index (χ3n) is 1.11. The number of hydrogen-bond donors (Lipinski definition) is 3. The molecule has 0 saturated carbocycles. The first-order chi connectivity index (χ1) is 5.43. The van der Waals surface area contributed by atoms with Crippen molar-refractivity contribution in [2.45, 2.75) is 6.42 Å². The Hall–Kier alpha value is -0.950. The minimum Gasteiger partial charge on any atom is -0.481 e. The summed E-state index contributed by atoms with van der Waals surface area (Å²) in [7, 11) is 0. The molecule has 0 aliphatic rings. The molecule has 0 aliphatic heterocycles. The van der Waals surface area contributed by atoms with Crippen molar-refractivity contribution in [3.8, 4) is 0 Å². The predicted octanol–water partition coefficient (Wildman–Crippen LogP) is -0.616. The molecule has 2 atom stereocenters. The third kappa shape index (κ3) is 4.80. The summed E-state index contributed by atoms with van der Waals surface area (Å²) in [5.74, 6) is -4.53. The van der Waals surface area contributed by atoms with Crippen molar-refractivity contribution in [3.63, 3.8) is 0 Å². The molecule has 12 heavy (non-hydrogen) atoms. The van der Waals surface area contributed by atoms with Crippen LogP contribution in [-0.2, 0) is 20.7 Å². The van der Waals surface area contributed by atoms with Gasteiger partial charge < -0.3 is 14.8 Å². The van der Waals surface area contributed by atoms with Crippen molar-refractivity contribution in [2.75, 3.05) is 5.75 Å². The molecule has 0 aliphatic carbocycles. The number of carboxylic acids is 2. The molecule has 0 saturated heterocycles. The van der Waals surface area contributed by atoms with Crippen molar-refractivity contribution >= 4 is 23.0 Å². The van der Waals surface area contributed by atoms with Crippen molar-refractivity contribution in [1.82, 2.24) is 0 Å². The maximum Gasteiger partial charge on any atom is 0.308 e. The average Bonchev–Trinajstić information content (AvgIpc) is 1.83. The van der Waals surface area contributed by atoms with Crippen LogP contribution in [0.2, 0.25) is 0 Å². The van der Waals surface area contributed by atoms with Crippen LogP contribution in [0.1, 0.15) is 6.42 Å². The van der Waals surface area contributed by atoms with Gasteiger partial charge in [-0.05, 0) is 0 Å². The van der Waals surface area contributed by atoms with Crippen LogP contribution in [0.15, 0.2) is 0 Å². The van der Waals surface area contributed by atoms with Gasteiger partial charge in [-0.3, -0.25) is 9.59 Å². The van der Waals surface area contributed by atoms with E-state index in [2.05, 4.69) is 0 Å². The quantitative estimate of drug-likeness (QED) is 0.505. The molecule has 0 amide bonds. The van der Waals surface area contributed by atoms with E-state index in [1.807, 2.05) is 0 Å². The van der Waals surface area contributed by atoms with E-state index in [-0.39, 0.29) is 0 Å². The van der Waals surface area contributed by atoms with Gasteiger partial charge in [0.25, 0.3) is 0 Å².